The molecule has 0 bridgehead atoms. The molecule has 0 radical (unpaired) electrons. The van der Waals surface area contributed by atoms with Gasteiger partial charge in [-0.2, -0.15) is 5.10 Å². The molecule has 1 unspecified atom stereocenters. The van der Waals surface area contributed by atoms with E-state index in [4.69, 9.17) is 22.1 Å². The van der Waals surface area contributed by atoms with Crippen LogP contribution < -0.4 is 5.49 Å². The third kappa shape index (κ3) is 2.49. The van der Waals surface area contributed by atoms with Crippen LogP contribution in [0.3, 0.4) is 0 Å². The average Bonchev–Trinajstić information content (AvgIpc) is 3.33. The third-order valence-electron chi connectivity index (χ3n) is 4.79. The molecule has 5 aromatic rings. The molecule has 0 saturated heterocycles. The second-order valence-electron chi connectivity index (χ2n) is 6.45. The first-order chi connectivity index (χ1) is 13.6. The fourth-order valence-corrected chi connectivity index (χ4v) is 3.55. The molecular weight excluding hydrogens is 376 g/mol. The van der Waals surface area contributed by atoms with Crippen molar-refractivity contribution in [2.24, 2.45) is 0 Å². The van der Waals surface area contributed by atoms with E-state index >= 15 is 0 Å². The highest BCUT2D eigenvalue weighted by Gasteiger charge is 2.20. The van der Waals surface area contributed by atoms with Crippen molar-refractivity contribution in [3.8, 4) is 5.69 Å². The van der Waals surface area contributed by atoms with Gasteiger partial charge >= 0.3 is 0 Å². The summed E-state index contributed by atoms with van der Waals surface area (Å²) in [6.45, 7) is 1.99. The number of hydrogen-bond acceptors (Lipinski definition) is 5. The Hall–Kier alpha value is -3.52. The van der Waals surface area contributed by atoms with Crippen molar-refractivity contribution in [2.75, 3.05) is 0 Å². The topological polar surface area (TPSA) is 101 Å². The Morgan fingerprint density at radius 3 is 2.93 bits per heavy atom. The van der Waals surface area contributed by atoms with Crippen molar-refractivity contribution in [3.05, 3.63) is 71.6 Å². The average molecular weight is 391 g/mol. The summed E-state index contributed by atoms with van der Waals surface area (Å²) in [7, 11) is 0. The van der Waals surface area contributed by atoms with Crippen LogP contribution in [0.4, 0.5) is 0 Å². The standard InChI is InChI=1S/C19H15ClN8/c1-11(27-10-25-19-17(18(27)21)23-9-24-19)16-14-5-4-12(20)7-15(14)28(26-16)13-3-2-6-22-8-13/h2-11,21H,1H3,(H,23,24). The van der Waals surface area contributed by atoms with Gasteiger partial charge in [0.1, 0.15) is 5.52 Å². The van der Waals surface area contributed by atoms with Gasteiger partial charge in [-0.1, -0.05) is 11.6 Å². The second kappa shape index (κ2) is 6.28. The Morgan fingerprint density at radius 2 is 2.11 bits per heavy atom. The van der Waals surface area contributed by atoms with E-state index in [2.05, 4.69) is 19.9 Å². The van der Waals surface area contributed by atoms with E-state index in [0.29, 0.717) is 21.7 Å². The molecule has 0 fully saturated rings. The minimum atomic E-state index is -0.228. The molecule has 0 amide bonds. The second-order valence-corrected chi connectivity index (χ2v) is 6.88. The molecule has 8 nitrogen and oxygen atoms in total. The van der Waals surface area contributed by atoms with Gasteiger partial charge in [-0.25, -0.2) is 14.6 Å². The van der Waals surface area contributed by atoms with Crippen molar-refractivity contribution in [2.45, 2.75) is 13.0 Å². The predicted molar refractivity (Wildman–Crippen MR) is 105 cm³/mol. The van der Waals surface area contributed by atoms with Gasteiger partial charge in [0.2, 0.25) is 0 Å². The van der Waals surface area contributed by atoms with Crippen LogP contribution in [0.2, 0.25) is 5.02 Å². The number of pyridine rings is 1. The number of rotatable bonds is 3. The van der Waals surface area contributed by atoms with Crippen molar-refractivity contribution in [3.63, 3.8) is 0 Å². The fraction of sp³-hybridized carbons (Fsp3) is 0.105. The molecule has 0 saturated carbocycles. The molecular formula is C19H15ClN8. The number of H-pyrrole nitrogens is 1. The Balaban J connectivity index is 1.74. The number of nitrogens with zero attached hydrogens (tertiary/aromatic N) is 6. The highest BCUT2D eigenvalue weighted by molar-refractivity contribution is 6.31. The Bertz CT molecular complexity index is 1370. The number of fused-ring (bicyclic) bond motifs is 2. The molecule has 0 aliphatic carbocycles. The van der Waals surface area contributed by atoms with Crippen molar-refractivity contribution in [1.29, 1.82) is 5.41 Å². The van der Waals surface area contributed by atoms with Crippen LogP contribution in [0.15, 0.2) is 55.4 Å². The first-order valence-electron chi connectivity index (χ1n) is 8.67. The lowest BCUT2D eigenvalue weighted by Crippen LogP contribution is -2.25. The van der Waals surface area contributed by atoms with E-state index in [-0.39, 0.29) is 6.04 Å². The van der Waals surface area contributed by atoms with Gasteiger partial charge < -0.3 is 9.55 Å². The number of hydrogen-bond donors (Lipinski definition) is 2. The molecule has 2 N–H and O–H groups in total. The van der Waals surface area contributed by atoms with Gasteiger partial charge in [0.15, 0.2) is 11.1 Å². The zero-order chi connectivity index (χ0) is 19.3. The van der Waals surface area contributed by atoms with Crippen LogP contribution in [0.5, 0.6) is 0 Å². The molecule has 1 aromatic carbocycles. The van der Waals surface area contributed by atoms with Gasteiger partial charge in [-0.15, -0.1) is 0 Å². The van der Waals surface area contributed by atoms with Crippen LogP contribution in [-0.2, 0) is 0 Å². The van der Waals surface area contributed by atoms with E-state index in [1.54, 1.807) is 29.6 Å². The predicted octanol–water partition coefficient (Wildman–Crippen LogP) is 3.24. The Labute approximate surface area is 164 Å². The number of halogens is 1. The Morgan fingerprint density at radius 1 is 1.21 bits per heavy atom. The smallest absolute Gasteiger partial charge is 0.182 e. The zero-order valence-corrected chi connectivity index (χ0v) is 15.6. The molecule has 138 valence electrons. The SMILES string of the molecule is CC(c1nn(-c2cccnc2)c2cc(Cl)ccc12)n1cnc2nc[nH]c2c1=N. The first-order valence-corrected chi connectivity index (χ1v) is 9.04. The van der Waals surface area contributed by atoms with E-state index in [1.807, 2.05) is 41.9 Å². The summed E-state index contributed by atoms with van der Waals surface area (Å²) < 4.78 is 3.59. The van der Waals surface area contributed by atoms with Crippen molar-refractivity contribution < 1.29 is 0 Å². The number of benzene rings is 1. The van der Waals surface area contributed by atoms with E-state index in [1.165, 1.54) is 0 Å². The van der Waals surface area contributed by atoms with Crippen LogP contribution in [0.25, 0.3) is 27.8 Å². The fourth-order valence-electron chi connectivity index (χ4n) is 3.38. The van der Waals surface area contributed by atoms with Crippen LogP contribution in [0.1, 0.15) is 18.7 Å². The summed E-state index contributed by atoms with van der Waals surface area (Å²) in [6.07, 6.45) is 6.64. The Kier molecular flexibility index (Phi) is 3.73. The van der Waals surface area contributed by atoms with Crippen molar-refractivity contribution >= 4 is 33.7 Å². The monoisotopic (exact) mass is 390 g/mol. The zero-order valence-electron chi connectivity index (χ0n) is 14.8. The lowest BCUT2D eigenvalue weighted by atomic mass is 10.1. The molecule has 5 rings (SSSR count). The summed E-state index contributed by atoms with van der Waals surface area (Å²) >= 11 is 6.25. The van der Waals surface area contributed by atoms with E-state index in [9.17, 15) is 0 Å². The van der Waals surface area contributed by atoms with Crippen LogP contribution >= 0.6 is 11.6 Å². The van der Waals surface area contributed by atoms with E-state index < -0.39 is 0 Å². The number of aromatic nitrogens is 7. The molecule has 1 atom stereocenters. The highest BCUT2D eigenvalue weighted by atomic mass is 35.5. The minimum absolute atomic E-state index is 0.228. The molecule has 28 heavy (non-hydrogen) atoms. The molecule has 0 aliphatic heterocycles. The van der Waals surface area contributed by atoms with Gasteiger partial charge in [0.05, 0.1) is 41.8 Å². The number of imidazole rings is 1. The molecule has 9 heteroatoms. The normalized spacial score (nSPS) is 12.6. The van der Waals surface area contributed by atoms with Crippen LogP contribution in [-0.4, -0.2) is 34.3 Å². The minimum Gasteiger partial charge on any atom is -0.340 e. The van der Waals surface area contributed by atoms with E-state index in [0.717, 1.165) is 22.3 Å². The number of nitrogens with one attached hydrogen (secondary N) is 2. The lowest BCUT2D eigenvalue weighted by molar-refractivity contribution is 0.576. The summed E-state index contributed by atoms with van der Waals surface area (Å²) in [5.41, 5.74) is 3.94. The quantitative estimate of drug-likeness (QED) is 0.493. The first kappa shape index (κ1) is 16.6. The van der Waals surface area contributed by atoms with Crippen LogP contribution in [0, 0.1) is 5.41 Å². The largest absolute Gasteiger partial charge is 0.340 e. The summed E-state index contributed by atoms with van der Waals surface area (Å²) in [6, 6.07) is 9.26. The maximum absolute atomic E-state index is 8.53. The summed E-state index contributed by atoms with van der Waals surface area (Å²) in [4.78, 5) is 15.6. The summed E-state index contributed by atoms with van der Waals surface area (Å²) in [5.74, 6) is 0. The maximum Gasteiger partial charge on any atom is 0.182 e. The van der Waals surface area contributed by atoms with Crippen molar-refractivity contribution in [1.82, 2.24) is 34.3 Å². The lowest BCUT2D eigenvalue weighted by Gasteiger charge is -2.14. The summed E-state index contributed by atoms with van der Waals surface area (Å²) in [5, 5.41) is 15.0. The molecule has 4 heterocycles. The number of aromatic amines is 1. The van der Waals surface area contributed by atoms with Gasteiger partial charge in [-0.05, 0) is 37.3 Å². The molecule has 4 aromatic heterocycles. The van der Waals surface area contributed by atoms with Gasteiger partial charge in [-0.3, -0.25) is 10.4 Å². The van der Waals surface area contributed by atoms with Gasteiger partial charge in [0, 0.05) is 16.6 Å². The molecule has 0 spiro atoms. The highest BCUT2D eigenvalue weighted by Crippen LogP contribution is 2.29. The van der Waals surface area contributed by atoms with Gasteiger partial charge in [0.25, 0.3) is 0 Å². The third-order valence-corrected chi connectivity index (χ3v) is 5.03. The maximum atomic E-state index is 8.53. The molecule has 0 aliphatic rings.